The van der Waals surface area contributed by atoms with Crippen LogP contribution in [0.3, 0.4) is 0 Å². The first kappa shape index (κ1) is 17.5. The van der Waals surface area contributed by atoms with E-state index in [1.807, 2.05) is 6.92 Å². The molecule has 0 radical (unpaired) electrons. The van der Waals surface area contributed by atoms with Crippen LogP contribution in [0.5, 0.6) is 11.5 Å². The monoisotopic (exact) mass is 328 g/mol. The highest BCUT2D eigenvalue weighted by atomic mass is 16.5. The minimum absolute atomic E-state index is 0.357. The number of benzene rings is 1. The number of ether oxygens (including phenoxy) is 1. The highest BCUT2D eigenvalue weighted by Gasteiger charge is 2.33. The number of amides is 1. The predicted molar refractivity (Wildman–Crippen MR) is 89.2 cm³/mol. The quantitative estimate of drug-likeness (QED) is 0.814. The molecule has 1 unspecified atom stereocenters. The molecule has 24 heavy (non-hydrogen) atoms. The van der Waals surface area contributed by atoms with Gasteiger partial charge in [-0.2, -0.15) is 0 Å². The topological polar surface area (TPSA) is 88.5 Å². The highest BCUT2D eigenvalue weighted by molar-refractivity contribution is 5.97. The second-order valence-corrected chi connectivity index (χ2v) is 5.66. The van der Waals surface area contributed by atoms with E-state index in [0.29, 0.717) is 29.9 Å². The molecule has 126 valence electrons. The van der Waals surface area contributed by atoms with Crippen LogP contribution in [0.1, 0.15) is 37.0 Å². The molecule has 1 aromatic carbocycles. The third-order valence-electron chi connectivity index (χ3n) is 3.60. The summed E-state index contributed by atoms with van der Waals surface area (Å²) in [6, 6.07) is 10.0. The molecule has 0 saturated carbocycles. The van der Waals surface area contributed by atoms with Gasteiger partial charge in [0.1, 0.15) is 17.0 Å². The van der Waals surface area contributed by atoms with E-state index in [0.717, 1.165) is 0 Å². The Hall–Kier alpha value is -2.89. The van der Waals surface area contributed by atoms with Crippen molar-refractivity contribution in [2.24, 2.45) is 0 Å². The number of hydrogen-bond donors (Lipinski definition) is 2. The van der Waals surface area contributed by atoms with E-state index >= 15 is 0 Å². The third kappa shape index (κ3) is 4.32. The number of rotatable bonds is 7. The summed E-state index contributed by atoms with van der Waals surface area (Å²) in [6.45, 7) is 3.38. The lowest BCUT2D eigenvalue weighted by atomic mass is 9.96. The Labute approximate surface area is 140 Å². The zero-order valence-electron chi connectivity index (χ0n) is 13.7. The van der Waals surface area contributed by atoms with Crippen molar-refractivity contribution in [1.82, 2.24) is 10.3 Å². The van der Waals surface area contributed by atoms with Crippen LogP contribution in [0.4, 0.5) is 0 Å². The van der Waals surface area contributed by atoms with E-state index < -0.39 is 17.4 Å². The van der Waals surface area contributed by atoms with Crippen LogP contribution in [0, 0.1) is 0 Å². The van der Waals surface area contributed by atoms with Gasteiger partial charge in [-0.05, 0) is 49.7 Å². The number of carbonyl (C=O) groups excluding carboxylic acids is 1. The molecule has 2 rings (SSSR count). The zero-order chi connectivity index (χ0) is 17.6. The second-order valence-electron chi connectivity index (χ2n) is 5.66. The number of hydrogen-bond acceptors (Lipinski definition) is 4. The van der Waals surface area contributed by atoms with Crippen molar-refractivity contribution in [3.05, 3.63) is 54.4 Å². The fourth-order valence-corrected chi connectivity index (χ4v) is 2.26. The van der Waals surface area contributed by atoms with Gasteiger partial charge < -0.3 is 15.2 Å². The van der Waals surface area contributed by atoms with Crippen molar-refractivity contribution in [1.29, 1.82) is 0 Å². The minimum Gasteiger partial charge on any atom is -0.480 e. The van der Waals surface area contributed by atoms with Gasteiger partial charge in [0.05, 0.1) is 6.20 Å². The summed E-state index contributed by atoms with van der Waals surface area (Å²) in [5.41, 5.74) is -0.909. The number of nitrogens with zero attached hydrogens (tertiary/aromatic N) is 1. The lowest BCUT2D eigenvalue weighted by molar-refractivity contribution is -0.144. The summed E-state index contributed by atoms with van der Waals surface area (Å²) >= 11 is 0. The number of carboxylic acids is 1. The molecule has 1 aromatic heterocycles. The maximum absolute atomic E-state index is 12.3. The normalized spacial score (nSPS) is 12.9. The molecule has 2 aromatic rings. The standard InChI is InChI=1S/C18H20N2O4/c1-3-10-18(2,17(22)23)20-16(21)13-6-8-14(9-7-13)24-15-5-4-11-19-12-15/h4-9,11-12H,3,10H2,1-2H3,(H,20,21)(H,22,23). The maximum atomic E-state index is 12.3. The number of pyridine rings is 1. The Morgan fingerprint density at radius 2 is 1.92 bits per heavy atom. The van der Waals surface area contributed by atoms with Crippen molar-refractivity contribution >= 4 is 11.9 Å². The molecular weight excluding hydrogens is 308 g/mol. The van der Waals surface area contributed by atoms with Gasteiger partial charge in [0.2, 0.25) is 0 Å². The summed E-state index contributed by atoms with van der Waals surface area (Å²) in [4.78, 5) is 27.6. The van der Waals surface area contributed by atoms with E-state index in [1.165, 1.54) is 6.92 Å². The van der Waals surface area contributed by atoms with E-state index in [9.17, 15) is 14.7 Å². The number of aliphatic carboxylic acids is 1. The van der Waals surface area contributed by atoms with Crippen molar-refractivity contribution in [2.75, 3.05) is 0 Å². The molecule has 0 aliphatic heterocycles. The second kappa shape index (κ2) is 7.59. The van der Waals surface area contributed by atoms with E-state index in [1.54, 1.807) is 48.8 Å². The molecule has 1 heterocycles. The molecule has 0 bridgehead atoms. The van der Waals surface area contributed by atoms with Crippen molar-refractivity contribution in [3.63, 3.8) is 0 Å². The molecule has 0 spiro atoms. The van der Waals surface area contributed by atoms with E-state index in [2.05, 4.69) is 10.3 Å². The number of aromatic nitrogens is 1. The van der Waals surface area contributed by atoms with Gasteiger partial charge in [0.25, 0.3) is 5.91 Å². The predicted octanol–water partition coefficient (Wildman–Crippen LogP) is 3.25. The molecule has 1 amide bonds. The third-order valence-corrected chi connectivity index (χ3v) is 3.60. The smallest absolute Gasteiger partial charge is 0.329 e. The van der Waals surface area contributed by atoms with E-state index in [-0.39, 0.29) is 0 Å². The Morgan fingerprint density at radius 1 is 1.21 bits per heavy atom. The summed E-state index contributed by atoms with van der Waals surface area (Å²) in [5.74, 6) is -0.319. The van der Waals surface area contributed by atoms with Gasteiger partial charge in [0.15, 0.2) is 0 Å². The first-order chi connectivity index (χ1) is 11.4. The number of nitrogens with one attached hydrogen (secondary N) is 1. The van der Waals surface area contributed by atoms with Gasteiger partial charge in [-0.1, -0.05) is 13.3 Å². The minimum atomic E-state index is -1.28. The van der Waals surface area contributed by atoms with Crippen LogP contribution >= 0.6 is 0 Å². The zero-order valence-corrected chi connectivity index (χ0v) is 13.7. The number of carboxylic acid groups (broad SMARTS) is 1. The van der Waals surface area contributed by atoms with Crippen molar-refractivity contribution < 1.29 is 19.4 Å². The van der Waals surface area contributed by atoms with Crippen LogP contribution in [0.25, 0.3) is 0 Å². The van der Waals surface area contributed by atoms with Gasteiger partial charge in [-0.25, -0.2) is 4.79 Å². The van der Waals surface area contributed by atoms with Gasteiger partial charge in [-0.15, -0.1) is 0 Å². The van der Waals surface area contributed by atoms with Gasteiger partial charge in [0, 0.05) is 11.8 Å². The molecule has 0 saturated heterocycles. The molecule has 0 aliphatic carbocycles. The molecule has 2 N–H and O–H groups in total. The van der Waals surface area contributed by atoms with Crippen LogP contribution < -0.4 is 10.1 Å². The molecule has 1 atom stereocenters. The number of carbonyl (C=O) groups is 2. The fraction of sp³-hybridized carbons (Fsp3) is 0.278. The van der Waals surface area contributed by atoms with Crippen molar-refractivity contribution in [3.8, 4) is 11.5 Å². The van der Waals surface area contributed by atoms with Crippen molar-refractivity contribution in [2.45, 2.75) is 32.2 Å². The first-order valence-electron chi connectivity index (χ1n) is 7.68. The summed E-state index contributed by atoms with van der Waals surface area (Å²) in [7, 11) is 0. The van der Waals surface area contributed by atoms with Crippen LogP contribution in [-0.4, -0.2) is 27.5 Å². The lowest BCUT2D eigenvalue weighted by Gasteiger charge is -2.25. The van der Waals surface area contributed by atoms with Crippen LogP contribution in [-0.2, 0) is 4.79 Å². The summed E-state index contributed by atoms with van der Waals surface area (Å²) in [5, 5.41) is 11.9. The Bertz CT molecular complexity index is 701. The summed E-state index contributed by atoms with van der Waals surface area (Å²) < 4.78 is 5.60. The molecule has 0 fully saturated rings. The maximum Gasteiger partial charge on any atom is 0.329 e. The summed E-state index contributed by atoms with van der Waals surface area (Å²) in [6.07, 6.45) is 4.25. The Kier molecular flexibility index (Phi) is 5.52. The fourth-order valence-electron chi connectivity index (χ4n) is 2.26. The van der Waals surface area contributed by atoms with E-state index in [4.69, 9.17) is 4.74 Å². The van der Waals surface area contributed by atoms with Gasteiger partial charge >= 0.3 is 5.97 Å². The average Bonchev–Trinajstić information content (AvgIpc) is 2.56. The largest absolute Gasteiger partial charge is 0.480 e. The average molecular weight is 328 g/mol. The SMILES string of the molecule is CCCC(C)(NC(=O)c1ccc(Oc2cccnc2)cc1)C(=O)O. The van der Waals surface area contributed by atoms with Gasteiger partial charge in [-0.3, -0.25) is 9.78 Å². The molecule has 6 heteroatoms. The first-order valence-corrected chi connectivity index (χ1v) is 7.68. The molecular formula is C18H20N2O4. The lowest BCUT2D eigenvalue weighted by Crippen LogP contribution is -2.52. The van der Waals surface area contributed by atoms with Crippen LogP contribution in [0.15, 0.2) is 48.8 Å². The highest BCUT2D eigenvalue weighted by Crippen LogP contribution is 2.21. The molecule has 0 aliphatic rings. The molecule has 6 nitrogen and oxygen atoms in total. The Balaban J connectivity index is 2.07. The van der Waals surface area contributed by atoms with Crippen LogP contribution in [0.2, 0.25) is 0 Å². The Morgan fingerprint density at radius 3 is 2.46 bits per heavy atom.